The highest BCUT2D eigenvalue weighted by molar-refractivity contribution is 5.98. The van der Waals surface area contributed by atoms with Crippen molar-refractivity contribution >= 4 is 28.0 Å². The third-order valence-corrected chi connectivity index (χ3v) is 3.63. The minimum Gasteiger partial charge on any atom is -0.495 e. The number of fused-ring (bicyclic) bond motifs is 1. The SMILES string of the molecule is COc1cc2ncc(C#N)c(Nc3cccc(C)c3)c2cc1N. The van der Waals surface area contributed by atoms with Gasteiger partial charge in [-0.3, -0.25) is 4.98 Å². The van der Waals surface area contributed by atoms with Crippen molar-refractivity contribution in [2.24, 2.45) is 0 Å². The summed E-state index contributed by atoms with van der Waals surface area (Å²) in [5.41, 5.74) is 10.4. The summed E-state index contributed by atoms with van der Waals surface area (Å²) >= 11 is 0. The zero-order chi connectivity index (χ0) is 16.4. The molecule has 0 aliphatic heterocycles. The van der Waals surface area contributed by atoms with E-state index in [4.69, 9.17) is 10.5 Å². The van der Waals surface area contributed by atoms with Gasteiger partial charge in [0.2, 0.25) is 0 Å². The Morgan fingerprint density at radius 1 is 1.26 bits per heavy atom. The maximum absolute atomic E-state index is 9.39. The summed E-state index contributed by atoms with van der Waals surface area (Å²) in [4.78, 5) is 4.32. The third-order valence-electron chi connectivity index (χ3n) is 3.63. The highest BCUT2D eigenvalue weighted by Crippen LogP contribution is 2.34. The van der Waals surface area contributed by atoms with E-state index >= 15 is 0 Å². The fraction of sp³-hybridized carbons (Fsp3) is 0.111. The van der Waals surface area contributed by atoms with Crippen LogP contribution in [-0.2, 0) is 0 Å². The minimum absolute atomic E-state index is 0.462. The van der Waals surface area contributed by atoms with Crippen molar-refractivity contribution in [3.05, 3.63) is 53.7 Å². The number of nitrogens with zero attached hydrogens (tertiary/aromatic N) is 2. The number of nitriles is 1. The first-order valence-corrected chi connectivity index (χ1v) is 7.12. The number of hydrogen-bond donors (Lipinski definition) is 2. The number of anilines is 3. The number of benzene rings is 2. The second kappa shape index (κ2) is 5.85. The molecular formula is C18H16N4O. The molecule has 114 valence electrons. The highest BCUT2D eigenvalue weighted by Gasteiger charge is 2.12. The van der Waals surface area contributed by atoms with Gasteiger partial charge in [0.15, 0.2) is 0 Å². The molecule has 5 heteroatoms. The van der Waals surface area contributed by atoms with Gasteiger partial charge in [0.05, 0.1) is 29.6 Å². The number of methoxy groups -OCH3 is 1. The lowest BCUT2D eigenvalue weighted by Gasteiger charge is -2.13. The lowest BCUT2D eigenvalue weighted by Crippen LogP contribution is -1.99. The molecule has 0 saturated heterocycles. The van der Waals surface area contributed by atoms with Crippen LogP contribution in [-0.4, -0.2) is 12.1 Å². The van der Waals surface area contributed by atoms with E-state index in [2.05, 4.69) is 16.4 Å². The van der Waals surface area contributed by atoms with Gasteiger partial charge in [-0.2, -0.15) is 5.26 Å². The Labute approximate surface area is 134 Å². The summed E-state index contributed by atoms with van der Waals surface area (Å²) in [5, 5.41) is 13.5. The standard InChI is InChI=1S/C18H16N4O/c1-11-4-3-5-13(6-11)22-18-12(9-19)10-21-16-8-17(23-2)15(20)7-14(16)18/h3-8,10H,20H2,1-2H3,(H,21,22). The minimum atomic E-state index is 0.462. The van der Waals surface area contributed by atoms with Crippen LogP contribution >= 0.6 is 0 Å². The molecule has 0 aliphatic rings. The first-order chi connectivity index (χ1) is 11.1. The fourth-order valence-electron chi connectivity index (χ4n) is 2.50. The molecule has 0 radical (unpaired) electrons. The lowest BCUT2D eigenvalue weighted by atomic mass is 10.1. The van der Waals surface area contributed by atoms with Crippen LogP contribution in [0.4, 0.5) is 17.1 Å². The van der Waals surface area contributed by atoms with E-state index in [9.17, 15) is 5.26 Å². The number of aryl methyl sites for hydroxylation is 1. The number of nitrogen functional groups attached to an aromatic ring is 1. The number of nitrogens with two attached hydrogens (primary N) is 1. The molecule has 3 N–H and O–H groups in total. The molecule has 0 saturated carbocycles. The second-order valence-electron chi connectivity index (χ2n) is 5.26. The monoisotopic (exact) mass is 304 g/mol. The van der Waals surface area contributed by atoms with E-state index in [0.29, 0.717) is 28.2 Å². The summed E-state index contributed by atoms with van der Waals surface area (Å²) in [6.45, 7) is 2.02. The van der Waals surface area contributed by atoms with Crippen molar-refractivity contribution in [2.45, 2.75) is 6.92 Å². The molecule has 0 aliphatic carbocycles. The van der Waals surface area contributed by atoms with Crippen LogP contribution in [0.25, 0.3) is 10.9 Å². The Morgan fingerprint density at radius 3 is 2.78 bits per heavy atom. The number of pyridine rings is 1. The molecule has 0 fully saturated rings. The van der Waals surface area contributed by atoms with Crippen LogP contribution in [0, 0.1) is 18.3 Å². The van der Waals surface area contributed by atoms with E-state index < -0.39 is 0 Å². The normalized spacial score (nSPS) is 10.3. The first-order valence-electron chi connectivity index (χ1n) is 7.12. The molecule has 0 unspecified atom stereocenters. The lowest BCUT2D eigenvalue weighted by molar-refractivity contribution is 0.417. The Balaban J connectivity index is 2.20. The van der Waals surface area contributed by atoms with Crippen LogP contribution in [0.15, 0.2) is 42.6 Å². The summed E-state index contributed by atoms with van der Waals surface area (Å²) in [6, 6.07) is 13.7. The van der Waals surface area contributed by atoms with Gasteiger partial charge in [-0.05, 0) is 30.7 Å². The van der Waals surface area contributed by atoms with Gasteiger partial charge in [-0.15, -0.1) is 0 Å². The van der Waals surface area contributed by atoms with Crippen LogP contribution in [0.2, 0.25) is 0 Å². The zero-order valence-electron chi connectivity index (χ0n) is 12.9. The van der Waals surface area contributed by atoms with Gasteiger partial charge in [0.1, 0.15) is 11.8 Å². The molecule has 1 aromatic heterocycles. The predicted octanol–water partition coefficient (Wildman–Crippen LogP) is 3.75. The number of ether oxygens (including phenoxy) is 1. The van der Waals surface area contributed by atoms with Gasteiger partial charge in [0.25, 0.3) is 0 Å². The highest BCUT2D eigenvalue weighted by atomic mass is 16.5. The predicted molar refractivity (Wildman–Crippen MR) is 91.9 cm³/mol. The average Bonchev–Trinajstić information content (AvgIpc) is 2.55. The van der Waals surface area contributed by atoms with E-state index in [1.165, 1.54) is 0 Å². The van der Waals surface area contributed by atoms with Gasteiger partial charge >= 0.3 is 0 Å². The topological polar surface area (TPSA) is 84.0 Å². The van der Waals surface area contributed by atoms with E-state index in [0.717, 1.165) is 16.6 Å². The van der Waals surface area contributed by atoms with Crippen molar-refractivity contribution in [3.8, 4) is 11.8 Å². The van der Waals surface area contributed by atoms with Gasteiger partial charge in [0, 0.05) is 23.3 Å². The Morgan fingerprint density at radius 2 is 2.09 bits per heavy atom. The van der Waals surface area contributed by atoms with Crippen molar-refractivity contribution in [2.75, 3.05) is 18.2 Å². The molecule has 3 aromatic rings. The van der Waals surface area contributed by atoms with Crippen LogP contribution in [0.1, 0.15) is 11.1 Å². The van der Waals surface area contributed by atoms with Crippen molar-refractivity contribution < 1.29 is 4.74 Å². The number of nitrogens with one attached hydrogen (secondary N) is 1. The molecule has 0 bridgehead atoms. The van der Waals surface area contributed by atoms with Crippen LogP contribution < -0.4 is 15.8 Å². The van der Waals surface area contributed by atoms with Gasteiger partial charge in [-0.25, -0.2) is 0 Å². The van der Waals surface area contributed by atoms with Crippen LogP contribution in [0.5, 0.6) is 5.75 Å². The van der Waals surface area contributed by atoms with Gasteiger partial charge in [-0.1, -0.05) is 12.1 Å². The third kappa shape index (κ3) is 2.74. The second-order valence-corrected chi connectivity index (χ2v) is 5.26. The van der Waals surface area contributed by atoms with Crippen molar-refractivity contribution in [1.82, 2.24) is 4.98 Å². The first kappa shape index (κ1) is 14.7. The van der Waals surface area contributed by atoms with Gasteiger partial charge < -0.3 is 15.8 Å². The Kier molecular flexibility index (Phi) is 3.73. The molecule has 23 heavy (non-hydrogen) atoms. The number of rotatable bonds is 3. The summed E-state index contributed by atoms with van der Waals surface area (Å²) in [7, 11) is 1.56. The number of aromatic nitrogens is 1. The maximum atomic E-state index is 9.39. The van der Waals surface area contributed by atoms with E-state index in [1.54, 1.807) is 25.4 Å². The van der Waals surface area contributed by atoms with Crippen molar-refractivity contribution in [3.63, 3.8) is 0 Å². The molecule has 5 nitrogen and oxygen atoms in total. The summed E-state index contributed by atoms with van der Waals surface area (Å²) in [5.74, 6) is 0.566. The zero-order valence-corrected chi connectivity index (χ0v) is 12.9. The Hall–Kier alpha value is -3.26. The smallest absolute Gasteiger partial charge is 0.143 e. The largest absolute Gasteiger partial charge is 0.495 e. The fourth-order valence-corrected chi connectivity index (χ4v) is 2.50. The molecule has 2 aromatic carbocycles. The quantitative estimate of drug-likeness (QED) is 0.720. The average molecular weight is 304 g/mol. The molecule has 3 rings (SSSR count). The van der Waals surface area contributed by atoms with E-state index in [1.807, 2.05) is 31.2 Å². The molecule has 0 amide bonds. The van der Waals surface area contributed by atoms with E-state index in [-0.39, 0.29) is 0 Å². The summed E-state index contributed by atoms with van der Waals surface area (Å²) in [6.07, 6.45) is 1.55. The van der Waals surface area contributed by atoms with Crippen molar-refractivity contribution in [1.29, 1.82) is 5.26 Å². The summed E-state index contributed by atoms with van der Waals surface area (Å²) < 4.78 is 5.23. The Bertz CT molecular complexity index is 928. The maximum Gasteiger partial charge on any atom is 0.143 e. The molecule has 1 heterocycles. The molecular weight excluding hydrogens is 288 g/mol. The molecule has 0 atom stereocenters. The van der Waals surface area contributed by atoms with Crippen LogP contribution in [0.3, 0.4) is 0 Å². The molecule has 0 spiro atoms. The number of hydrogen-bond acceptors (Lipinski definition) is 5.